The zero-order valence-electron chi connectivity index (χ0n) is 17.8. The molecule has 172 valence electrons. The number of halogens is 1. The van der Waals surface area contributed by atoms with Gasteiger partial charge in [0.2, 0.25) is 5.88 Å². The lowest BCUT2D eigenvalue weighted by atomic mass is 9.77. The Balaban J connectivity index is 1.39. The summed E-state index contributed by atoms with van der Waals surface area (Å²) < 4.78 is 28.7. The lowest BCUT2D eigenvalue weighted by Gasteiger charge is -2.39. The summed E-state index contributed by atoms with van der Waals surface area (Å²) in [6.07, 6.45) is 3.62. The van der Waals surface area contributed by atoms with Gasteiger partial charge in [-0.1, -0.05) is 11.6 Å². The number of nitrogens with zero attached hydrogens (tertiary/aromatic N) is 3. The van der Waals surface area contributed by atoms with Crippen LogP contribution in [-0.4, -0.2) is 74.6 Å². The Hall–Kier alpha value is -2.17. The predicted molar refractivity (Wildman–Crippen MR) is 121 cm³/mol. The Bertz CT molecular complexity index is 1160. The van der Waals surface area contributed by atoms with Gasteiger partial charge < -0.3 is 14.5 Å². The van der Waals surface area contributed by atoms with E-state index < -0.39 is 9.84 Å². The van der Waals surface area contributed by atoms with Crippen molar-refractivity contribution in [2.75, 3.05) is 39.5 Å². The van der Waals surface area contributed by atoms with E-state index in [2.05, 4.69) is 4.98 Å². The molecule has 2 aliphatic rings. The monoisotopic (exact) mass is 497 g/mol. The van der Waals surface area contributed by atoms with Gasteiger partial charge in [0, 0.05) is 44.1 Å². The fourth-order valence-corrected chi connectivity index (χ4v) is 6.47. The molecule has 0 aromatic carbocycles. The number of likely N-dealkylation sites (tertiary alicyclic amines) is 2. The topological polar surface area (TPSA) is 96.9 Å². The van der Waals surface area contributed by atoms with Crippen molar-refractivity contribution < 1.29 is 22.7 Å². The normalized spacial score (nSPS) is 18.2. The Morgan fingerprint density at radius 2 is 1.75 bits per heavy atom. The van der Waals surface area contributed by atoms with Crippen LogP contribution in [0.4, 0.5) is 0 Å². The second-order valence-electron chi connectivity index (χ2n) is 8.38. The number of rotatable bonds is 4. The van der Waals surface area contributed by atoms with Crippen LogP contribution in [0.3, 0.4) is 0 Å². The summed E-state index contributed by atoms with van der Waals surface area (Å²) in [7, 11) is -1.85. The molecule has 4 heterocycles. The average molecular weight is 498 g/mol. The predicted octanol–water partition coefficient (Wildman–Crippen LogP) is 2.98. The lowest BCUT2D eigenvalue weighted by Crippen LogP contribution is -2.44. The van der Waals surface area contributed by atoms with Crippen LogP contribution in [0, 0.1) is 5.41 Å². The molecule has 2 fully saturated rings. The van der Waals surface area contributed by atoms with Gasteiger partial charge in [-0.3, -0.25) is 9.59 Å². The second kappa shape index (κ2) is 8.64. The molecule has 2 aromatic heterocycles. The minimum absolute atomic E-state index is 0.0169. The second-order valence-corrected chi connectivity index (χ2v) is 12.1. The van der Waals surface area contributed by atoms with Gasteiger partial charge in [0.1, 0.15) is 9.36 Å². The molecule has 2 amide bonds. The van der Waals surface area contributed by atoms with E-state index in [0.717, 1.165) is 36.9 Å². The third-order valence-corrected chi connectivity index (χ3v) is 9.31. The van der Waals surface area contributed by atoms with Gasteiger partial charge in [-0.15, -0.1) is 11.3 Å². The molecule has 2 saturated heterocycles. The largest absolute Gasteiger partial charge is 0.481 e. The van der Waals surface area contributed by atoms with Crippen LogP contribution in [0.2, 0.25) is 5.15 Å². The van der Waals surface area contributed by atoms with Crippen LogP contribution in [-0.2, 0) is 9.84 Å². The first-order valence-electron chi connectivity index (χ1n) is 10.2. The maximum atomic E-state index is 12.9. The fraction of sp³-hybridized carbons (Fsp3) is 0.476. The fourth-order valence-electron chi connectivity index (χ4n) is 4.37. The Morgan fingerprint density at radius 3 is 2.34 bits per heavy atom. The van der Waals surface area contributed by atoms with E-state index in [0.29, 0.717) is 42.5 Å². The SMILES string of the molecule is COc1cc(C(=O)N2CCC3(CC2)CCN(C(=O)c2ccc(S(C)(=O)=O)s2)C3)cc(Cl)n1. The summed E-state index contributed by atoms with van der Waals surface area (Å²) in [4.78, 5) is 33.9. The standard InChI is InChI=1S/C21H24ClN3O5S2/c1-30-17-12-14(11-16(22)23-17)19(26)24-8-5-21(6-9-24)7-10-25(13-21)20(27)15-3-4-18(31-15)32(2,28)29/h3-4,11-12H,5-10,13H2,1-2H3. The van der Waals surface area contributed by atoms with Crippen molar-refractivity contribution >= 4 is 44.6 Å². The number of thiophene rings is 1. The van der Waals surface area contributed by atoms with E-state index in [1.54, 1.807) is 23.1 Å². The van der Waals surface area contributed by atoms with Gasteiger partial charge in [0.25, 0.3) is 11.8 Å². The van der Waals surface area contributed by atoms with Crippen LogP contribution >= 0.6 is 22.9 Å². The third-order valence-electron chi connectivity index (χ3n) is 6.22. The molecular formula is C21H24ClN3O5S2. The molecule has 11 heteroatoms. The lowest BCUT2D eigenvalue weighted by molar-refractivity contribution is 0.0566. The van der Waals surface area contributed by atoms with Crippen molar-refractivity contribution in [1.29, 1.82) is 0 Å². The molecule has 0 atom stereocenters. The molecule has 8 nitrogen and oxygen atoms in total. The molecule has 2 aliphatic heterocycles. The van der Waals surface area contributed by atoms with Gasteiger partial charge in [-0.25, -0.2) is 13.4 Å². The number of aromatic nitrogens is 1. The van der Waals surface area contributed by atoms with Crippen LogP contribution in [0.25, 0.3) is 0 Å². The number of carbonyl (C=O) groups excluding carboxylic acids is 2. The van der Waals surface area contributed by atoms with Crippen molar-refractivity contribution in [2.45, 2.75) is 23.5 Å². The van der Waals surface area contributed by atoms with Crippen molar-refractivity contribution in [3.05, 3.63) is 39.9 Å². The number of sulfone groups is 1. The van der Waals surface area contributed by atoms with Crippen LogP contribution < -0.4 is 4.74 Å². The molecule has 0 bridgehead atoms. The molecule has 0 radical (unpaired) electrons. The minimum atomic E-state index is -3.32. The number of amides is 2. The molecule has 0 N–H and O–H groups in total. The van der Waals surface area contributed by atoms with Gasteiger partial charge in [-0.05, 0) is 42.9 Å². The number of ether oxygens (including phenoxy) is 1. The van der Waals surface area contributed by atoms with Crippen molar-refractivity contribution in [3.63, 3.8) is 0 Å². The van der Waals surface area contributed by atoms with E-state index >= 15 is 0 Å². The van der Waals surface area contributed by atoms with E-state index in [-0.39, 0.29) is 26.6 Å². The first-order chi connectivity index (χ1) is 15.1. The number of hydrogen-bond donors (Lipinski definition) is 0. The summed E-state index contributed by atoms with van der Waals surface area (Å²) >= 11 is 7.02. The average Bonchev–Trinajstić information content (AvgIpc) is 3.41. The van der Waals surface area contributed by atoms with Crippen LogP contribution in [0.5, 0.6) is 5.88 Å². The third kappa shape index (κ3) is 4.62. The Kier molecular flexibility index (Phi) is 6.21. The number of methoxy groups -OCH3 is 1. The molecule has 2 aromatic rings. The number of piperidine rings is 1. The summed E-state index contributed by atoms with van der Waals surface area (Å²) in [5.74, 6) is 0.0611. The zero-order chi connectivity index (χ0) is 23.1. The summed E-state index contributed by atoms with van der Waals surface area (Å²) in [6, 6.07) is 6.20. The molecule has 0 aliphatic carbocycles. The number of pyridine rings is 1. The maximum Gasteiger partial charge on any atom is 0.263 e. The summed E-state index contributed by atoms with van der Waals surface area (Å²) in [6.45, 7) is 2.45. The smallest absolute Gasteiger partial charge is 0.263 e. The van der Waals surface area contributed by atoms with E-state index in [4.69, 9.17) is 16.3 Å². The first-order valence-corrected chi connectivity index (χ1v) is 13.3. The minimum Gasteiger partial charge on any atom is -0.481 e. The molecule has 32 heavy (non-hydrogen) atoms. The van der Waals surface area contributed by atoms with Gasteiger partial charge in [-0.2, -0.15) is 0 Å². The van der Waals surface area contributed by atoms with Crippen molar-refractivity contribution in [1.82, 2.24) is 14.8 Å². The molecule has 0 unspecified atom stereocenters. The Labute approximate surface area is 196 Å². The Morgan fingerprint density at radius 1 is 1.09 bits per heavy atom. The number of hydrogen-bond acceptors (Lipinski definition) is 7. The van der Waals surface area contributed by atoms with Gasteiger partial charge >= 0.3 is 0 Å². The maximum absolute atomic E-state index is 12.9. The zero-order valence-corrected chi connectivity index (χ0v) is 20.2. The van der Waals surface area contributed by atoms with Crippen molar-refractivity contribution in [3.8, 4) is 5.88 Å². The van der Waals surface area contributed by atoms with E-state index in [1.807, 2.05) is 4.90 Å². The quantitative estimate of drug-likeness (QED) is 0.602. The molecule has 0 saturated carbocycles. The molecule has 1 spiro atoms. The van der Waals surface area contributed by atoms with Gasteiger partial charge in [0.15, 0.2) is 9.84 Å². The highest BCUT2D eigenvalue weighted by molar-refractivity contribution is 7.92. The van der Waals surface area contributed by atoms with E-state index in [9.17, 15) is 18.0 Å². The first kappa shape index (κ1) is 23.0. The van der Waals surface area contributed by atoms with Crippen molar-refractivity contribution in [2.24, 2.45) is 5.41 Å². The summed E-state index contributed by atoms with van der Waals surface area (Å²) in [5, 5.41) is 0.207. The van der Waals surface area contributed by atoms with Gasteiger partial charge in [0.05, 0.1) is 12.0 Å². The summed E-state index contributed by atoms with van der Waals surface area (Å²) in [5.41, 5.74) is 0.428. The highest BCUT2D eigenvalue weighted by atomic mass is 35.5. The van der Waals surface area contributed by atoms with Crippen LogP contribution in [0.1, 0.15) is 39.3 Å². The number of carbonyl (C=O) groups is 2. The van der Waals surface area contributed by atoms with Crippen LogP contribution in [0.15, 0.2) is 28.5 Å². The highest BCUT2D eigenvalue weighted by Gasteiger charge is 2.43. The highest BCUT2D eigenvalue weighted by Crippen LogP contribution is 2.41. The molecular weight excluding hydrogens is 474 g/mol. The molecule has 4 rings (SSSR count). The van der Waals surface area contributed by atoms with E-state index in [1.165, 1.54) is 13.2 Å².